The van der Waals surface area contributed by atoms with Crippen LogP contribution in [0.15, 0.2) is 0 Å². The zero-order valence-electron chi connectivity index (χ0n) is 26.4. The van der Waals surface area contributed by atoms with Crippen molar-refractivity contribution < 1.29 is 33.0 Å². The summed E-state index contributed by atoms with van der Waals surface area (Å²) < 4.78 is 29.5. The minimum atomic E-state index is -2.73. The van der Waals surface area contributed by atoms with Gasteiger partial charge in [-0.2, -0.15) is 0 Å². The van der Waals surface area contributed by atoms with E-state index in [1.165, 1.54) is 12.1 Å². The molecule has 0 amide bonds. The molecule has 0 aliphatic heterocycles. The molecule has 0 saturated heterocycles. The molecule has 0 rings (SSSR count). The number of rotatable bonds is 26. The van der Waals surface area contributed by atoms with Crippen LogP contribution in [-0.2, 0) is 22.8 Å². The van der Waals surface area contributed by atoms with Gasteiger partial charge in [0.05, 0.1) is 25.4 Å². The van der Waals surface area contributed by atoms with E-state index >= 15 is 0 Å². The number of aliphatic hydroxyl groups excluding tert-OH is 2. The highest BCUT2D eigenvalue weighted by molar-refractivity contribution is 6.76. The minimum Gasteiger partial charge on any atom is -0.389 e. The van der Waals surface area contributed by atoms with Gasteiger partial charge in [0.25, 0.3) is 0 Å². The molecule has 0 aromatic heterocycles. The molecular formula is C27H63NO7Si3. The highest BCUT2D eigenvalue weighted by atomic mass is 28.4. The Labute approximate surface area is 238 Å². The maximum absolute atomic E-state index is 10.7. The number of hydrogen-bond donors (Lipinski definition) is 2. The van der Waals surface area contributed by atoms with Crippen molar-refractivity contribution in [1.29, 1.82) is 0 Å². The Kier molecular flexibility index (Phi) is 21.3. The molecule has 2 N–H and O–H groups in total. The summed E-state index contributed by atoms with van der Waals surface area (Å²) in [6, 6.07) is 3.15. The fourth-order valence-electron chi connectivity index (χ4n) is 4.33. The minimum absolute atomic E-state index is 0.307. The van der Waals surface area contributed by atoms with Crippen LogP contribution in [0, 0.1) is 0 Å². The van der Waals surface area contributed by atoms with Crippen LogP contribution in [0.2, 0.25) is 57.4 Å². The van der Waals surface area contributed by atoms with Crippen LogP contribution in [0.25, 0.3) is 0 Å². The molecule has 8 nitrogen and oxygen atoms in total. The average Bonchev–Trinajstić information content (AvgIpc) is 2.77. The van der Waals surface area contributed by atoms with Gasteiger partial charge in [0.15, 0.2) is 0 Å². The smallest absolute Gasteiger partial charge is 0.389 e. The SMILES string of the molecule is CCO[Si](CCCN(CC(O)COCCC[Si](C)(C)C)CC(O)COCCC[Si](C)(C)C)(OCC)OCC. The van der Waals surface area contributed by atoms with Gasteiger partial charge >= 0.3 is 8.80 Å². The normalized spacial score (nSPS) is 14.8. The van der Waals surface area contributed by atoms with E-state index in [2.05, 4.69) is 44.2 Å². The van der Waals surface area contributed by atoms with Gasteiger partial charge in [0.1, 0.15) is 0 Å². The van der Waals surface area contributed by atoms with Crippen LogP contribution in [0.1, 0.15) is 40.0 Å². The first-order valence-corrected chi connectivity index (χ1v) is 24.3. The van der Waals surface area contributed by atoms with E-state index in [1.807, 2.05) is 20.8 Å². The lowest BCUT2D eigenvalue weighted by atomic mass is 10.2. The molecule has 0 heterocycles. The second-order valence-corrected chi connectivity index (χ2v) is 26.6. The van der Waals surface area contributed by atoms with Crippen molar-refractivity contribution in [1.82, 2.24) is 4.90 Å². The second kappa shape index (κ2) is 21.1. The summed E-state index contributed by atoms with van der Waals surface area (Å²) in [6.07, 6.45) is 1.65. The van der Waals surface area contributed by atoms with Gasteiger partial charge in [0.2, 0.25) is 0 Å². The zero-order valence-corrected chi connectivity index (χ0v) is 29.4. The number of ether oxygens (including phenoxy) is 2. The van der Waals surface area contributed by atoms with Crippen molar-refractivity contribution in [2.45, 2.75) is 110 Å². The molecule has 0 aliphatic carbocycles. The fraction of sp³-hybridized carbons (Fsp3) is 1.00. The summed E-state index contributed by atoms with van der Waals surface area (Å²) in [7, 11) is -4.87. The van der Waals surface area contributed by atoms with E-state index in [9.17, 15) is 10.2 Å². The van der Waals surface area contributed by atoms with Gasteiger partial charge in [-0.15, -0.1) is 0 Å². The third-order valence-corrected chi connectivity index (χ3v) is 12.9. The number of aliphatic hydroxyl groups is 2. The van der Waals surface area contributed by atoms with Crippen LogP contribution in [0.3, 0.4) is 0 Å². The first-order valence-electron chi connectivity index (χ1n) is 14.9. The van der Waals surface area contributed by atoms with Crippen molar-refractivity contribution in [3.63, 3.8) is 0 Å². The van der Waals surface area contributed by atoms with Crippen LogP contribution in [0.5, 0.6) is 0 Å². The lowest BCUT2D eigenvalue weighted by molar-refractivity contribution is -0.0103. The molecule has 0 aromatic rings. The molecule has 230 valence electrons. The topological polar surface area (TPSA) is 89.9 Å². The van der Waals surface area contributed by atoms with E-state index < -0.39 is 37.2 Å². The van der Waals surface area contributed by atoms with Gasteiger partial charge in [-0.1, -0.05) is 51.4 Å². The van der Waals surface area contributed by atoms with Gasteiger partial charge in [0, 0.05) is 68.3 Å². The molecule has 0 fully saturated rings. The van der Waals surface area contributed by atoms with Crippen molar-refractivity contribution in [3.05, 3.63) is 0 Å². The summed E-state index contributed by atoms with van der Waals surface area (Å²) in [4.78, 5) is 2.11. The lowest BCUT2D eigenvalue weighted by Crippen LogP contribution is -2.47. The molecule has 0 saturated carbocycles. The molecule has 38 heavy (non-hydrogen) atoms. The van der Waals surface area contributed by atoms with Crippen molar-refractivity contribution in [3.8, 4) is 0 Å². The highest BCUT2D eigenvalue weighted by Crippen LogP contribution is 2.19. The maximum Gasteiger partial charge on any atom is 0.500 e. The Bertz CT molecular complexity index is 513. The van der Waals surface area contributed by atoms with Gasteiger partial charge < -0.3 is 33.0 Å². The van der Waals surface area contributed by atoms with Crippen molar-refractivity contribution in [2.75, 3.05) is 65.9 Å². The maximum atomic E-state index is 10.7. The molecule has 0 bridgehead atoms. The molecule has 11 heteroatoms. The van der Waals surface area contributed by atoms with Crippen LogP contribution < -0.4 is 0 Å². The summed E-state index contributed by atoms with van der Waals surface area (Å²) in [6.45, 7) is 25.3. The van der Waals surface area contributed by atoms with E-state index in [0.717, 1.165) is 19.3 Å². The predicted octanol–water partition coefficient (Wildman–Crippen LogP) is 4.94. The average molecular weight is 598 g/mol. The Morgan fingerprint density at radius 3 is 1.34 bits per heavy atom. The lowest BCUT2D eigenvalue weighted by Gasteiger charge is -2.31. The molecule has 0 spiro atoms. The Morgan fingerprint density at radius 1 is 0.605 bits per heavy atom. The monoisotopic (exact) mass is 597 g/mol. The summed E-state index contributed by atoms with van der Waals surface area (Å²) in [5.74, 6) is 0. The Balaban J connectivity index is 4.88. The summed E-state index contributed by atoms with van der Waals surface area (Å²) >= 11 is 0. The second-order valence-electron chi connectivity index (χ2n) is 12.6. The fourth-order valence-corrected chi connectivity index (χ4v) is 9.33. The third-order valence-electron chi connectivity index (χ3n) is 6.04. The standard InChI is InChI=1S/C27H63NO7Si3/c1-10-33-38(34-11-2,35-12-3)21-13-16-28(22-26(29)24-31-17-14-19-36(4,5)6)23-27(30)25-32-18-15-20-37(7,8)9/h26-27,29-30H,10-25H2,1-9H3. The predicted molar refractivity (Wildman–Crippen MR) is 166 cm³/mol. The Morgan fingerprint density at radius 2 is 1.00 bits per heavy atom. The van der Waals surface area contributed by atoms with E-state index in [1.54, 1.807) is 0 Å². The van der Waals surface area contributed by atoms with Crippen LogP contribution in [0.4, 0.5) is 0 Å². The molecule has 0 radical (unpaired) electrons. The largest absolute Gasteiger partial charge is 0.500 e. The van der Waals surface area contributed by atoms with E-state index in [4.69, 9.17) is 22.8 Å². The van der Waals surface area contributed by atoms with E-state index in [0.29, 0.717) is 71.9 Å². The van der Waals surface area contributed by atoms with Crippen molar-refractivity contribution >= 4 is 25.0 Å². The Hall–Kier alpha value is 0.331. The molecule has 0 aliphatic rings. The quantitative estimate of drug-likeness (QED) is 0.107. The number of nitrogens with zero attached hydrogens (tertiary/aromatic N) is 1. The molecule has 2 atom stereocenters. The molecule has 0 aromatic carbocycles. The highest BCUT2D eigenvalue weighted by Gasteiger charge is 2.39. The molecular weight excluding hydrogens is 535 g/mol. The number of hydrogen-bond acceptors (Lipinski definition) is 8. The van der Waals surface area contributed by atoms with Gasteiger partial charge in [-0.3, -0.25) is 4.90 Å². The molecule has 2 unspecified atom stereocenters. The van der Waals surface area contributed by atoms with Crippen molar-refractivity contribution in [2.24, 2.45) is 0 Å². The van der Waals surface area contributed by atoms with Crippen LogP contribution in [-0.4, -0.2) is 118 Å². The first kappa shape index (κ1) is 38.3. The van der Waals surface area contributed by atoms with Gasteiger partial charge in [-0.05, 0) is 46.6 Å². The zero-order chi connectivity index (χ0) is 29.1. The first-order chi connectivity index (χ1) is 17.8. The third kappa shape index (κ3) is 22.1. The van der Waals surface area contributed by atoms with Gasteiger partial charge in [-0.25, -0.2) is 0 Å². The van der Waals surface area contributed by atoms with Crippen LogP contribution >= 0.6 is 0 Å². The summed E-state index contributed by atoms with van der Waals surface area (Å²) in [5.41, 5.74) is 0. The van der Waals surface area contributed by atoms with E-state index in [-0.39, 0.29) is 0 Å². The summed E-state index contributed by atoms with van der Waals surface area (Å²) in [5, 5.41) is 21.4.